The molecule has 3 heteroatoms. The van der Waals surface area contributed by atoms with Crippen molar-refractivity contribution < 1.29 is 8.78 Å². The number of benzene rings is 2. The molecule has 0 bridgehead atoms. The molecule has 0 atom stereocenters. The van der Waals surface area contributed by atoms with Crippen LogP contribution in [0.2, 0.25) is 12.1 Å². The van der Waals surface area contributed by atoms with Crippen molar-refractivity contribution >= 4 is 8.80 Å². The Labute approximate surface area is 175 Å². The number of rotatable bonds is 4. The molecule has 1 saturated carbocycles. The van der Waals surface area contributed by atoms with Crippen LogP contribution in [-0.4, -0.2) is 8.80 Å². The van der Waals surface area contributed by atoms with Crippen LogP contribution in [0.1, 0.15) is 56.9 Å². The van der Waals surface area contributed by atoms with Gasteiger partial charge in [0.2, 0.25) is 0 Å². The maximum atomic E-state index is 13.5. The standard InChI is InChI=1S/C26H31F2Si/c1-2-15-29-16-13-23(14-17-29)21-5-3-19(4-6-21)20-7-9-22(10-8-20)24-11-12-25(27)26(28)18-24/h2,7-12,15,18-19,21,23H,3-6,13-14,16-17H2,1H3. The van der Waals surface area contributed by atoms with Crippen molar-refractivity contribution in [1.82, 2.24) is 0 Å². The monoisotopic (exact) mass is 409 g/mol. The van der Waals surface area contributed by atoms with E-state index in [0.29, 0.717) is 5.92 Å². The largest absolute Gasteiger partial charge is 0.204 e. The van der Waals surface area contributed by atoms with Crippen LogP contribution in [0.4, 0.5) is 8.78 Å². The third kappa shape index (κ3) is 4.88. The third-order valence-corrected chi connectivity index (χ3v) is 9.81. The number of allylic oxidation sites excluding steroid dienone is 1. The van der Waals surface area contributed by atoms with Crippen LogP contribution >= 0.6 is 0 Å². The maximum Gasteiger partial charge on any atom is 0.159 e. The van der Waals surface area contributed by atoms with E-state index < -0.39 is 11.6 Å². The topological polar surface area (TPSA) is 0 Å². The molecule has 2 aliphatic rings. The van der Waals surface area contributed by atoms with Crippen LogP contribution < -0.4 is 0 Å². The molecule has 0 aromatic heterocycles. The van der Waals surface area contributed by atoms with Crippen LogP contribution in [0.5, 0.6) is 0 Å². The van der Waals surface area contributed by atoms with Crippen molar-refractivity contribution in [3.63, 3.8) is 0 Å². The van der Waals surface area contributed by atoms with Crippen molar-refractivity contribution in [2.75, 3.05) is 0 Å². The second-order valence-corrected chi connectivity index (χ2v) is 11.5. The molecular formula is C26H31F2Si. The van der Waals surface area contributed by atoms with Crippen LogP contribution in [0.25, 0.3) is 11.1 Å². The van der Waals surface area contributed by atoms with Crippen LogP contribution in [0.3, 0.4) is 0 Å². The maximum absolute atomic E-state index is 13.5. The van der Waals surface area contributed by atoms with Crippen molar-refractivity contribution in [2.45, 2.75) is 63.5 Å². The highest BCUT2D eigenvalue weighted by atomic mass is 28.3. The number of halogens is 2. The SMILES string of the molecule is CC=C[Si]1CCC(C2CCC(c3ccc(-c4ccc(F)c(F)c4)cc3)CC2)CC1. The highest BCUT2D eigenvalue weighted by Crippen LogP contribution is 2.43. The van der Waals surface area contributed by atoms with Gasteiger partial charge in [-0.15, -0.1) is 5.70 Å². The molecular weight excluding hydrogens is 378 g/mol. The van der Waals surface area contributed by atoms with Crippen LogP contribution in [-0.2, 0) is 0 Å². The van der Waals surface area contributed by atoms with Gasteiger partial charge in [0.25, 0.3) is 0 Å². The fraction of sp³-hybridized carbons (Fsp3) is 0.462. The summed E-state index contributed by atoms with van der Waals surface area (Å²) >= 11 is 0. The van der Waals surface area contributed by atoms with Gasteiger partial charge in [0.05, 0.1) is 8.80 Å². The van der Waals surface area contributed by atoms with E-state index >= 15 is 0 Å². The van der Waals surface area contributed by atoms with Gasteiger partial charge in [0.1, 0.15) is 0 Å². The fourth-order valence-electron chi connectivity index (χ4n) is 5.43. The molecule has 0 nitrogen and oxygen atoms in total. The minimum absolute atomic E-state index is 0.179. The Balaban J connectivity index is 1.32. The molecule has 2 aromatic carbocycles. The minimum atomic E-state index is -0.792. The zero-order valence-corrected chi connectivity index (χ0v) is 18.3. The van der Waals surface area contributed by atoms with Gasteiger partial charge < -0.3 is 0 Å². The zero-order valence-electron chi connectivity index (χ0n) is 17.3. The molecule has 2 aromatic rings. The Morgan fingerprint density at radius 1 is 0.759 bits per heavy atom. The molecule has 29 heavy (non-hydrogen) atoms. The summed E-state index contributed by atoms with van der Waals surface area (Å²) in [6.45, 7) is 2.16. The van der Waals surface area contributed by atoms with Crippen molar-refractivity contribution in [2.24, 2.45) is 11.8 Å². The van der Waals surface area contributed by atoms with E-state index in [-0.39, 0.29) is 8.80 Å². The molecule has 1 aliphatic carbocycles. The Hall–Kier alpha value is -1.74. The highest BCUT2D eigenvalue weighted by Gasteiger charge is 2.31. The first-order valence-electron chi connectivity index (χ1n) is 11.2. The smallest absolute Gasteiger partial charge is 0.159 e. The van der Waals surface area contributed by atoms with Gasteiger partial charge in [-0.3, -0.25) is 0 Å². The number of hydrogen-bond acceptors (Lipinski definition) is 0. The lowest BCUT2D eigenvalue weighted by Gasteiger charge is -2.37. The first-order chi connectivity index (χ1) is 14.1. The van der Waals surface area contributed by atoms with E-state index in [2.05, 4.69) is 43.0 Å². The van der Waals surface area contributed by atoms with Gasteiger partial charge in [-0.25, -0.2) is 8.78 Å². The summed E-state index contributed by atoms with van der Waals surface area (Å²) in [6, 6.07) is 15.6. The highest BCUT2D eigenvalue weighted by molar-refractivity contribution is 6.64. The molecule has 1 saturated heterocycles. The normalized spacial score (nSPS) is 24.2. The summed E-state index contributed by atoms with van der Waals surface area (Å²) in [5.74, 6) is 0.967. The molecule has 4 rings (SSSR count). The predicted molar refractivity (Wildman–Crippen MR) is 119 cm³/mol. The van der Waals surface area contributed by atoms with Crippen LogP contribution in [0.15, 0.2) is 54.2 Å². The van der Waals surface area contributed by atoms with E-state index in [1.807, 2.05) is 0 Å². The van der Waals surface area contributed by atoms with E-state index in [1.165, 1.54) is 68.3 Å². The first kappa shape index (κ1) is 20.5. The van der Waals surface area contributed by atoms with Gasteiger partial charge in [-0.2, -0.15) is 0 Å². The average Bonchev–Trinajstić information content (AvgIpc) is 2.77. The lowest BCUT2D eigenvalue weighted by atomic mass is 9.72. The molecule has 1 radical (unpaired) electrons. The molecule has 0 spiro atoms. The summed E-state index contributed by atoms with van der Waals surface area (Å²) in [7, 11) is -0.179. The molecule has 0 unspecified atom stereocenters. The molecule has 2 fully saturated rings. The summed E-state index contributed by atoms with van der Waals surface area (Å²) in [5.41, 5.74) is 5.58. The van der Waals surface area contributed by atoms with Crippen molar-refractivity contribution in [3.05, 3.63) is 71.4 Å². The Kier molecular flexibility index (Phi) is 6.64. The third-order valence-electron chi connectivity index (χ3n) is 7.15. The quantitative estimate of drug-likeness (QED) is 0.450. The Bertz CT molecular complexity index is 826. The van der Waals surface area contributed by atoms with Gasteiger partial charge in [0.15, 0.2) is 11.6 Å². The van der Waals surface area contributed by atoms with Gasteiger partial charge in [0, 0.05) is 0 Å². The van der Waals surface area contributed by atoms with E-state index in [0.717, 1.165) is 23.0 Å². The Morgan fingerprint density at radius 3 is 2.00 bits per heavy atom. The van der Waals surface area contributed by atoms with Crippen molar-refractivity contribution in [3.8, 4) is 11.1 Å². The van der Waals surface area contributed by atoms with Crippen LogP contribution in [0, 0.1) is 23.5 Å². The predicted octanol–water partition coefficient (Wildman–Crippen LogP) is 7.93. The summed E-state index contributed by atoms with van der Waals surface area (Å²) < 4.78 is 26.7. The van der Waals surface area contributed by atoms with Gasteiger partial charge in [-0.05, 0) is 79.2 Å². The average molecular weight is 410 g/mol. The summed E-state index contributed by atoms with van der Waals surface area (Å²) in [6.07, 6.45) is 10.5. The number of hydrogen-bond donors (Lipinski definition) is 0. The lowest BCUT2D eigenvalue weighted by Crippen LogP contribution is -2.27. The van der Waals surface area contributed by atoms with E-state index in [4.69, 9.17) is 0 Å². The van der Waals surface area contributed by atoms with E-state index in [1.54, 1.807) is 6.07 Å². The summed E-state index contributed by atoms with van der Waals surface area (Å²) in [4.78, 5) is 0. The fourth-order valence-corrected chi connectivity index (χ4v) is 7.97. The molecule has 153 valence electrons. The Morgan fingerprint density at radius 2 is 1.38 bits per heavy atom. The lowest BCUT2D eigenvalue weighted by molar-refractivity contribution is 0.216. The zero-order chi connectivity index (χ0) is 20.2. The molecule has 1 heterocycles. The van der Waals surface area contributed by atoms with Gasteiger partial charge >= 0.3 is 0 Å². The molecule has 1 aliphatic heterocycles. The molecule has 0 N–H and O–H groups in total. The second-order valence-electron chi connectivity index (χ2n) is 8.86. The van der Waals surface area contributed by atoms with E-state index in [9.17, 15) is 8.78 Å². The minimum Gasteiger partial charge on any atom is -0.204 e. The second kappa shape index (κ2) is 9.38. The van der Waals surface area contributed by atoms with Crippen molar-refractivity contribution in [1.29, 1.82) is 0 Å². The first-order valence-corrected chi connectivity index (χ1v) is 13.2. The van der Waals surface area contributed by atoms with Gasteiger partial charge in [-0.1, -0.05) is 61.3 Å². The summed E-state index contributed by atoms with van der Waals surface area (Å²) in [5, 5.41) is 0. The molecule has 0 amide bonds.